The Morgan fingerprint density at radius 3 is 2.69 bits per heavy atom. The standard InChI is InChI=1S/C13H14BrNS/c1-15-9-11-4-2-3-10(7-11)8-12-5-6-13(14)16-12/h2-7,15H,8-9H2,1H3. The molecule has 0 aliphatic carbocycles. The number of hydrogen-bond acceptors (Lipinski definition) is 2. The third-order valence-corrected chi connectivity index (χ3v) is 4.00. The molecule has 0 aliphatic rings. The Morgan fingerprint density at radius 2 is 2.00 bits per heavy atom. The molecular formula is C13H14BrNS. The lowest BCUT2D eigenvalue weighted by Gasteiger charge is -2.03. The molecular weight excluding hydrogens is 282 g/mol. The second kappa shape index (κ2) is 5.62. The van der Waals surface area contributed by atoms with Crippen molar-refractivity contribution in [3.8, 4) is 0 Å². The van der Waals surface area contributed by atoms with E-state index in [0.717, 1.165) is 13.0 Å². The molecule has 0 aliphatic heterocycles. The molecule has 0 fully saturated rings. The predicted octanol–water partition coefficient (Wildman–Crippen LogP) is 3.82. The third-order valence-electron chi connectivity index (χ3n) is 2.38. The molecule has 0 amide bonds. The van der Waals surface area contributed by atoms with Crippen LogP contribution < -0.4 is 5.32 Å². The minimum Gasteiger partial charge on any atom is -0.316 e. The maximum atomic E-state index is 3.49. The highest BCUT2D eigenvalue weighted by Gasteiger charge is 2.00. The molecule has 3 heteroatoms. The summed E-state index contributed by atoms with van der Waals surface area (Å²) in [5.41, 5.74) is 2.72. The molecule has 2 rings (SSSR count). The second-order valence-electron chi connectivity index (χ2n) is 3.73. The maximum Gasteiger partial charge on any atom is 0.0701 e. The van der Waals surface area contributed by atoms with Crippen LogP contribution in [0.15, 0.2) is 40.2 Å². The van der Waals surface area contributed by atoms with E-state index in [-0.39, 0.29) is 0 Å². The quantitative estimate of drug-likeness (QED) is 0.904. The Kier molecular flexibility index (Phi) is 4.16. The van der Waals surface area contributed by atoms with Gasteiger partial charge in [-0.1, -0.05) is 24.3 Å². The molecule has 1 aromatic heterocycles. The summed E-state index contributed by atoms with van der Waals surface area (Å²) in [7, 11) is 1.98. The zero-order valence-electron chi connectivity index (χ0n) is 9.16. The van der Waals surface area contributed by atoms with Crippen LogP contribution in [0.4, 0.5) is 0 Å². The lowest BCUT2D eigenvalue weighted by molar-refractivity contribution is 0.816. The largest absolute Gasteiger partial charge is 0.316 e. The van der Waals surface area contributed by atoms with E-state index in [9.17, 15) is 0 Å². The molecule has 0 saturated carbocycles. The summed E-state index contributed by atoms with van der Waals surface area (Å²) in [5.74, 6) is 0. The van der Waals surface area contributed by atoms with Gasteiger partial charge in [0.25, 0.3) is 0 Å². The van der Waals surface area contributed by atoms with Gasteiger partial charge in [0, 0.05) is 17.8 Å². The normalized spacial score (nSPS) is 10.6. The van der Waals surface area contributed by atoms with Crippen LogP contribution in [-0.2, 0) is 13.0 Å². The van der Waals surface area contributed by atoms with Gasteiger partial charge in [-0.25, -0.2) is 0 Å². The number of rotatable bonds is 4. The number of nitrogens with one attached hydrogen (secondary N) is 1. The number of benzene rings is 1. The van der Waals surface area contributed by atoms with E-state index < -0.39 is 0 Å². The summed E-state index contributed by atoms with van der Waals surface area (Å²) < 4.78 is 1.20. The van der Waals surface area contributed by atoms with Crippen LogP contribution in [0.5, 0.6) is 0 Å². The summed E-state index contributed by atoms with van der Waals surface area (Å²) in [6.07, 6.45) is 1.02. The van der Waals surface area contributed by atoms with Crippen molar-refractivity contribution in [2.75, 3.05) is 7.05 Å². The van der Waals surface area contributed by atoms with Gasteiger partial charge in [0.15, 0.2) is 0 Å². The van der Waals surface area contributed by atoms with Crippen molar-refractivity contribution >= 4 is 27.3 Å². The molecule has 0 radical (unpaired) electrons. The van der Waals surface area contributed by atoms with Gasteiger partial charge in [0.2, 0.25) is 0 Å². The molecule has 0 bridgehead atoms. The van der Waals surface area contributed by atoms with E-state index in [1.165, 1.54) is 19.8 Å². The van der Waals surface area contributed by atoms with Gasteiger partial charge in [0.1, 0.15) is 0 Å². The summed E-state index contributed by atoms with van der Waals surface area (Å²) in [4.78, 5) is 1.40. The molecule has 1 N–H and O–H groups in total. The number of thiophene rings is 1. The van der Waals surface area contributed by atoms with Gasteiger partial charge in [0.05, 0.1) is 3.79 Å². The smallest absolute Gasteiger partial charge is 0.0701 e. The Bertz CT molecular complexity index is 464. The van der Waals surface area contributed by atoms with E-state index >= 15 is 0 Å². The van der Waals surface area contributed by atoms with Crippen molar-refractivity contribution < 1.29 is 0 Å². The molecule has 2 aromatic rings. The fourth-order valence-corrected chi connectivity index (χ4v) is 3.22. The van der Waals surface area contributed by atoms with Crippen LogP contribution in [0.1, 0.15) is 16.0 Å². The summed E-state index contributed by atoms with van der Waals surface area (Å²) >= 11 is 5.30. The zero-order chi connectivity index (χ0) is 11.4. The van der Waals surface area contributed by atoms with Gasteiger partial charge < -0.3 is 5.32 Å². The summed E-state index contributed by atoms with van der Waals surface area (Å²) in [5, 5.41) is 3.17. The van der Waals surface area contributed by atoms with E-state index in [1.54, 1.807) is 11.3 Å². The van der Waals surface area contributed by atoms with E-state index in [1.807, 2.05) is 7.05 Å². The zero-order valence-corrected chi connectivity index (χ0v) is 11.6. The molecule has 0 atom stereocenters. The van der Waals surface area contributed by atoms with Crippen LogP contribution in [0.2, 0.25) is 0 Å². The second-order valence-corrected chi connectivity index (χ2v) is 6.28. The molecule has 1 aromatic carbocycles. The van der Waals surface area contributed by atoms with Crippen LogP contribution in [0, 0.1) is 0 Å². The first-order chi connectivity index (χ1) is 7.78. The van der Waals surface area contributed by atoms with Crippen LogP contribution in [0.25, 0.3) is 0 Å². The van der Waals surface area contributed by atoms with Gasteiger partial charge in [-0.2, -0.15) is 0 Å². The van der Waals surface area contributed by atoms with Crippen molar-refractivity contribution in [2.24, 2.45) is 0 Å². The third kappa shape index (κ3) is 3.17. The van der Waals surface area contributed by atoms with Crippen molar-refractivity contribution in [1.29, 1.82) is 0 Å². The van der Waals surface area contributed by atoms with Crippen molar-refractivity contribution in [2.45, 2.75) is 13.0 Å². The minimum atomic E-state index is 0.933. The van der Waals surface area contributed by atoms with Crippen molar-refractivity contribution in [3.05, 3.63) is 56.2 Å². The molecule has 84 valence electrons. The van der Waals surface area contributed by atoms with Gasteiger partial charge in [-0.3, -0.25) is 0 Å². The fraction of sp³-hybridized carbons (Fsp3) is 0.231. The lowest BCUT2D eigenvalue weighted by Crippen LogP contribution is -2.05. The highest BCUT2D eigenvalue weighted by atomic mass is 79.9. The molecule has 16 heavy (non-hydrogen) atoms. The fourth-order valence-electron chi connectivity index (χ4n) is 1.70. The van der Waals surface area contributed by atoms with E-state index in [4.69, 9.17) is 0 Å². The monoisotopic (exact) mass is 295 g/mol. The SMILES string of the molecule is CNCc1cccc(Cc2ccc(Br)s2)c1. The van der Waals surface area contributed by atoms with Gasteiger partial charge in [-0.05, 0) is 46.2 Å². The van der Waals surface area contributed by atoms with Crippen molar-refractivity contribution in [1.82, 2.24) is 5.32 Å². The van der Waals surface area contributed by atoms with Gasteiger partial charge >= 0.3 is 0 Å². The molecule has 0 saturated heterocycles. The van der Waals surface area contributed by atoms with E-state index in [0.29, 0.717) is 0 Å². The minimum absolute atomic E-state index is 0.933. The highest BCUT2D eigenvalue weighted by Crippen LogP contribution is 2.24. The average Bonchev–Trinajstić information content (AvgIpc) is 2.65. The first-order valence-corrected chi connectivity index (χ1v) is 6.85. The number of hydrogen-bond donors (Lipinski definition) is 1. The molecule has 0 spiro atoms. The van der Waals surface area contributed by atoms with Crippen LogP contribution in [-0.4, -0.2) is 7.05 Å². The first kappa shape index (κ1) is 11.8. The number of halogens is 1. The Morgan fingerprint density at radius 1 is 1.19 bits per heavy atom. The van der Waals surface area contributed by atoms with Crippen molar-refractivity contribution in [3.63, 3.8) is 0 Å². The molecule has 1 nitrogen and oxygen atoms in total. The summed E-state index contributed by atoms with van der Waals surface area (Å²) in [6.45, 7) is 0.933. The highest BCUT2D eigenvalue weighted by molar-refractivity contribution is 9.11. The Hall–Kier alpha value is -0.640. The van der Waals surface area contributed by atoms with Crippen LogP contribution >= 0.6 is 27.3 Å². The molecule has 0 unspecified atom stereocenters. The molecule has 1 heterocycles. The lowest BCUT2D eigenvalue weighted by atomic mass is 10.1. The summed E-state index contributed by atoms with van der Waals surface area (Å²) in [6, 6.07) is 13.0. The maximum absolute atomic E-state index is 3.49. The topological polar surface area (TPSA) is 12.0 Å². The van der Waals surface area contributed by atoms with E-state index in [2.05, 4.69) is 57.6 Å². The van der Waals surface area contributed by atoms with Gasteiger partial charge in [-0.15, -0.1) is 11.3 Å². The predicted molar refractivity (Wildman–Crippen MR) is 74.0 cm³/mol. The Balaban J connectivity index is 2.12. The first-order valence-electron chi connectivity index (χ1n) is 5.24. The van der Waals surface area contributed by atoms with Crippen LogP contribution in [0.3, 0.4) is 0 Å². The average molecular weight is 296 g/mol. The Labute approximate surface area is 109 Å².